The van der Waals surface area contributed by atoms with E-state index >= 15 is 0 Å². The summed E-state index contributed by atoms with van der Waals surface area (Å²) in [6.07, 6.45) is 0. The van der Waals surface area contributed by atoms with Crippen molar-refractivity contribution < 1.29 is 4.79 Å². The molecule has 2 aromatic carbocycles. The van der Waals surface area contributed by atoms with Crippen molar-refractivity contribution in [2.24, 2.45) is 0 Å². The van der Waals surface area contributed by atoms with Gasteiger partial charge in [-0.1, -0.05) is 29.8 Å². The van der Waals surface area contributed by atoms with Gasteiger partial charge in [0.15, 0.2) is 5.78 Å². The Morgan fingerprint density at radius 1 is 1.11 bits per heavy atom. The smallest absolute Gasteiger partial charge is 0.159 e. The van der Waals surface area contributed by atoms with Crippen molar-refractivity contribution >= 4 is 28.8 Å². The van der Waals surface area contributed by atoms with Crippen LogP contribution < -0.4 is 4.90 Å². The minimum absolute atomic E-state index is 0.0204. The predicted octanol–water partition coefficient (Wildman–Crippen LogP) is 4.62. The summed E-state index contributed by atoms with van der Waals surface area (Å²) < 4.78 is 0. The number of rotatable bonds is 3. The van der Waals surface area contributed by atoms with Crippen LogP contribution in [-0.4, -0.2) is 12.8 Å². The van der Waals surface area contributed by atoms with E-state index in [1.165, 1.54) is 12.5 Å². The molecule has 19 heavy (non-hydrogen) atoms. The highest BCUT2D eigenvalue weighted by molar-refractivity contribution is 6.33. The fraction of sp³-hybridized carbons (Fsp3) is 0.188. The van der Waals surface area contributed by atoms with E-state index < -0.39 is 0 Å². The lowest BCUT2D eigenvalue weighted by Gasteiger charge is -2.23. The molecule has 98 valence electrons. The second kappa shape index (κ2) is 5.45. The summed E-state index contributed by atoms with van der Waals surface area (Å²) in [5.74, 6) is 0.0204. The number of anilines is 2. The van der Waals surface area contributed by atoms with E-state index in [2.05, 4.69) is 13.0 Å². The number of halogens is 1. The van der Waals surface area contributed by atoms with Crippen LogP contribution in [0.2, 0.25) is 5.02 Å². The summed E-state index contributed by atoms with van der Waals surface area (Å²) in [6.45, 7) is 3.60. The number of benzene rings is 2. The maximum absolute atomic E-state index is 11.3. The number of ketones is 1. The van der Waals surface area contributed by atoms with Gasteiger partial charge in [0.2, 0.25) is 0 Å². The normalized spacial score (nSPS) is 10.3. The molecule has 0 unspecified atom stereocenters. The van der Waals surface area contributed by atoms with Gasteiger partial charge in [0.1, 0.15) is 0 Å². The molecule has 0 fully saturated rings. The molecule has 0 N–H and O–H groups in total. The Labute approximate surface area is 118 Å². The second-order valence-corrected chi connectivity index (χ2v) is 4.98. The molecular weight excluding hydrogens is 258 g/mol. The van der Waals surface area contributed by atoms with Crippen LogP contribution in [0, 0.1) is 6.92 Å². The van der Waals surface area contributed by atoms with Gasteiger partial charge in [-0.2, -0.15) is 0 Å². The van der Waals surface area contributed by atoms with E-state index in [1.54, 1.807) is 12.1 Å². The van der Waals surface area contributed by atoms with Gasteiger partial charge >= 0.3 is 0 Å². The summed E-state index contributed by atoms with van der Waals surface area (Å²) in [6, 6.07) is 13.5. The Balaban J connectivity index is 2.42. The number of hydrogen-bond acceptors (Lipinski definition) is 2. The zero-order chi connectivity index (χ0) is 14.0. The molecule has 0 atom stereocenters. The van der Waals surface area contributed by atoms with Crippen molar-refractivity contribution in [1.82, 2.24) is 0 Å². The standard InChI is InChI=1S/C16H16ClNO/c1-11-6-4-5-7-15(11)18(3)16-9-8-13(12(2)19)10-14(16)17/h4-10H,1-3H3. The van der Waals surface area contributed by atoms with Crippen LogP contribution in [-0.2, 0) is 0 Å². The number of nitrogens with zero attached hydrogens (tertiary/aromatic N) is 1. The van der Waals surface area contributed by atoms with Crippen LogP contribution in [0.4, 0.5) is 11.4 Å². The molecule has 3 heteroatoms. The molecule has 0 saturated carbocycles. The first-order chi connectivity index (χ1) is 9.00. The van der Waals surface area contributed by atoms with Gasteiger partial charge in [0.05, 0.1) is 10.7 Å². The lowest BCUT2D eigenvalue weighted by atomic mass is 10.1. The predicted molar refractivity (Wildman–Crippen MR) is 80.7 cm³/mol. The molecule has 0 aliphatic heterocycles. The fourth-order valence-electron chi connectivity index (χ4n) is 2.07. The Morgan fingerprint density at radius 2 is 1.79 bits per heavy atom. The highest BCUT2D eigenvalue weighted by atomic mass is 35.5. The van der Waals surface area contributed by atoms with E-state index in [1.807, 2.05) is 36.2 Å². The first-order valence-electron chi connectivity index (χ1n) is 6.10. The zero-order valence-corrected chi connectivity index (χ0v) is 12.0. The Bertz CT molecular complexity index is 622. The molecule has 0 spiro atoms. The molecule has 0 amide bonds. The van der Waals surface area contributed by atoms with Gasteiger partial charge < -0.3 is 4.90 Å². The van der Waals surface area contributed by atoms with Gasteiger partial charge in [-0.25, -0.2) is 0 Å². The summed E-state index contributed by atoms with van der Waals surface area (Å²) in [5, 5.41) is 0.582. The number of para-hydroxylation sites is 1. The van der Waals surface area contributed by atoms with Gasteiger partial charge in [-0.15, -0.1) is 0 Å². The average Bonchev–Trinajstić information content (AvgIpc) is 2.38. The van der Waals surface area contributed by atoms with Crippen LogP contribution in [0.5, 0.6) is 0 Å². The maximum atomic E-state index is 11.3. The van der Waals surface area contributed by atoms with Crippen molar-refractivity contribution in [3.8, 4) is 0 Å². The average molecular weight is 274 g/mol. The summed E-state index contributed by atoms with van der Waals surface area (Å²) in [4.78, 5) is 13.4. The van der Waals surface area contributed by atoms with Crippen molar-refractivity contribution in [2.75, 3.05) is 11.9 Å². The Morgan fingerprint density at radius 3 is 2.37 bits per heavy atom. The van der Waals surface area contributed by atoms with Crippen molar-refractivity contribution in [3.63, 3.8) is 0 Å². The SMILES string of the molecule is CC(=O)c1ccc(N(C)c2ccccc2C)c(Cl)c1. The molecule has 0 bridgehead atoms. The lowest BCUT2D eigenvalue weighted by Crippen LogP contribution is -2.11. The topological polar surface area (TPSA) is 20.3 Å². The third-order valence-electron chi connectivity index (χ3n) is 3.19. The Hall–Kier alpha value is -1.80. The summed E-state index contributed by atoms with van der Waals surface area (Å²) in [5.41, 5.74) is 3.80. The van der Waals surface area contributed by atoms with Gasteiger partial charge in [-0.3, -0.25) is 4.79 Å². The molecular formula is C16H16ClNO. The van der Waals surface area contributed by atoms with E-state index in [0.29, 0.717) is 10.6 Å². The molecule has 2 aromatic rings. The lowest BCUT2D eigenvalue weighted by molar-refractivity contribution is 0.101. The minimum Gasteiger partial charge on any atom is -0.343 e. The molecule has 0 aliphatic carbocycles. The number of carbonyl (C=O) groups excluding carboxylic acids is 1. The second-order valence-electron chi connectivity index (χ2n) is 4.57. The maximum Gasteiger partial charge on any atom is 0.159 e. The molecule has 0 radical (unpaired) electrons. The number of carbonyl (C=O) groups is 1. The molecule has 0 saturated heterocycles. The zero-order valence-electron chi connectivity index (χ0n) is 11.3. The summed E-state index contributed by atoms with van der Waals surface area (Å²) >= 11 is 6.28. The van der Waals surface area contributed by atoms with Crippen molar-refractivity contribution in [2.45, 2.75) is 13.8 Å². The van der Waals surface area contributed by atoms with Gasteiger partial charge in [-0.05, 0) is 43.7 Å². The van der Waals surface area contributed by atoms with Crippen molar-refractivity contribution in [1.29, 1.82) is 0 Å². The number of Topliss-reactive ketones (excluding diaryl/α,β-unsaturated/α-hetero) is 1. The first kappa shape index (κ1) is 13.6. The van der Waals surface area contributed by atoms with Crippen molar-refractivity contribution in [3.05, 3.63) is 58.6 Å². The fourth-order valence-corrected chi connectivity index (χ4v) is 2.37. The van der Waals surface area contributed by atoms with E-state index in [0.717, 1.165) is 11.4 Å². The monoisotopic (exact) mass is 273 g/mol. The van der Waals surface area contributed by atoms with Crippen LogP contribution in [0.1, 0.15) is 22.8 Å². The number of aryl methyl sites for hydroxylation is 1. The van der Waals surface area contributed by atoms with E-state index in [-0.39, 0.29) is 5.78 Å². The van der Waals surface area contributed by atoms with E-state index in [4.69, 9.17) is 11.6 Å². The van der Waals surface area contributed by atoms with Crippen LogP contribution in [0.3, 0.4) is 0 Å². The molecule has 0 heterocycles. The first-order valence-corrected chi connectivity index (χ1v) is 6.48. The minimum atomic E-state index is 0.0204. The van der Waals surface area contributed by atoms with E-state index in [9.17, 15) is 4.79 Å². The van der Waals surface area contributed by atoms with Gasteiger partial charge in [0, 0.05) is 18.3 Å². The van der Waals surface area contributed by atoms with Crippen LogP contribution in [0.25, 0.3) is 0 Å². The third kappa shape index (κ3) is 2.79. The molecule has 2 nitrogen and oxygen atoms in total. The molecule has 0 aromatic heterocycles. The highest BCUT2D eigenvalue weighted by Crippen LogP contribution is 2.32. The Kier molecular flexibility index (Phi) is 3.91. The molecule has 2 rings (SSSR count). The third-order valence-corrected chi connectivity index (χ3v) is 3.50. The molecule has 0 aliphatic rings. The van der Waals surface area contributed by atoms with Crippen LogP contribution in [0.15, 0.2) is 42.5 Å². The summed E-state index contributed by atoms with van der Waals surface area (Å²) in [7, 11) is 1.97. The number of hydrogen-bond donors (Lipinski definition) is 0. The largest absolute Gasteiger partial charge is 0.343 e. The van der Waals surface area contributed by atoms with Gasteiger partial charge in [0.25, 0.3) is 0 Å². The van der Waals surface area contributed by atoms with Crippen LogP contribution >= 0.6 is 11.6 Å². The quantitative estimate of drug-likeness (QED) is 0.761. The highest BCUT2D eigenvalue weighted by Gasteiger charge is 2.11.